The first-order valence-electron chi connectivity index (χ1n) is 3.37. The van der Waals surface area contributed by atoms with Crippen LogP contribution in [0.3, 0.4) is 0 Å². The van der Waals surface area contributed by atoms with Crippen LogP contribution in [0.25, 0.3) is 0 Å². The summed E-state index contributed by atoms with van der Waals surface area (Å²) in [5, 5.41) is 0. The predicted octanol–water partition coefficient (Wildman–Crippen LogP) is 1.55. The van der Waals surface area contributed by atoms with E-state index in [4.69, 9.17) is 0 Å². The van der Waals surface area contributed by atoms with E-state index in [-0.39, 0.29) is 0 Å². The van der Waals surface area contributed by atoms with E-state index in [1.807, 2.05) is 12.3 Å². The molecule has 1 aliphatic heterocycles. The number of thioether (sulfide) groups is 1. The maximum Gasteiger partial charge on any atom is 0.168 e. The van der Waals surface area contributed by atoms with Gasteiger partial charge in [-0.1, -0.05) is 0 Å². The van der Waals surface area contributed by atoms with Crippen molar-refractivity contribution in [1.29, 1.82) is 0 Å². The highest BCUT2D eigenvalue weighted by atomic mass is 32.2. The molecule has 56 valence electrons. The number of nitrogens with zero attached hydrogens (tertiary/aromatic N) is 2. The first-order chi connectivity index (χ1) is 4.88. The molecule has 10 heavy (non-hydrogen) atoms. The highest BCUT2D eigenvalue weighted by Crippen LogP contribution is 2.15. The highest BCUT2D eigenvalue weighted by Gasteiger charge is 2.10. The Labute approximate surface area is 66.0 Å². The Morgan fingerprint density at radius 2 is 2.50 bits per heavy atom. The zero-order chi connectivity index (χ0) is 7.40. The molecule has 0 saturated carbocycles. The highest BCUT2D eigenvalue weighted by molar-refractivity contribution is 7.99. The molecule has 2 nitrogen and oxygen atoms in total. The van der Waals surface area contributed by atoms with Crippen molar-refractivity contribution < 1.29 is 0 Å². The average Bonchev–Trinajstić information content (AvgIpc) is 2.04. The van der Waals surface area contributed by atoms with Gasteiger partial charge in [0.15, 0.2) is 5.50 Å². The first-order valence-corrected chi connectivity index (χ1v) is 4.65. The molecule has 0 amide bonds. The lowest BCUT2D eigenvalue weighted by atomic mass is 10.5. The second-order valence-electron chi connectivity index (χ2n) is 2.03. The molecule has 0 aromatic heterocycles. The maximum atomic E-state index is 4.28. The number of hydrogen-bond donors (Lipinski definition) is 0. The summed E-state index contributed by atoms with van der Waals surface area (Å²) >= 11 is 1.76. The van der Waals surface area contributed by atoms with Crippen LogP contribution in [0.4, 0.5) is 0 Å². The third-order valence-corrected chi connectivity index (χ3v) is 2.25. The largest absolute Gasteiger partial charge is 0.348 e. The van der Waals surface area contributed by atoms with Gasteiger partial charge in [-0.05, 0) is 19.3 Å². The van der Waals surface area contributed by atoms with Crippen molar-refractivity contribution in [1.82, 2.24) is 4.90 Å². The topological polar surface area (TPSA) is 15.6 Å². The Bertz CT molecular complexity index is 136. The number of aliphatic imine (C=N–C) groups is 1. The number of rotatable bonds is 2. The molecular formula is C7H12N2S. The summed E-state index contributed by atoms with van der Waals surface area (Å²) < 4.78 is 0. The summed E-state index contributed by atoms with van der Waals surface area (Å²) in [5.74, 6) is 0. The molecule has 0 saturated heterocycles. The second kappa shape index (κ2) is 3.66. The van der Waals surface area contributed by atoms with E-state index in [9.17, 15) is 0 Å². The van der Waals surface area contributed by atoms with Gasteiger partial charge in [0.1, 0.15) is 0 Å². The molecule has 1 aliphatic rings. The normalized spacial score (nSPS) is 23.8. The zero-order valence-electron chi connectivity index (χ0n) is 6.32. The van der Waals surface area contributed by atoms with Crippen molar-refractivity contribution in [2.45, 2.75) is 12.4 Å². The van der Waals surface area contributed by atoms with Crippen LogP contribution in [0.15, 0.2) is 17.3 Å². The molecular weight excluding hydrogens is 144 g/mol. The molecule has 0 N–H and O–H groups in total. The van der Waals surface area contributed by atoms with Gasteiger partial charge in [-0.2, -0.15) is 0 Å². The predicted molar refractivity (Wildman–Crippen MR) is 47.3 cm³/mol. The average molecular weight is 156 g/mol. The molecule has 0 bridgehead atoms. The maximum absolute atomic E-state index is 4.28. The quantitative estimate of drug-likeness (QED) is 0.603. The molecule has 0 aromatic carbocycles. The molecule has 0 aliphatic carbocycles. The fourth-order valence-corrected chi connectivity index (χ4v) is 1.57. The minimum atomic E-state index is 0.301. The van der Waals surface area contributed by atoms with Gasteiger partial charge in [-0.25, -0.2) is 0 Å². The van der Waals surface area contributed by atoms with E-state index < -0.39 is 0 Å². The number of hydrogen-bond acceptors (Lipinski definition) is 3. The molecule has 0 fully saturated rings. The summed E-state index contributed by atoms with van der Waals surface area (Å²) in [4.78, 5) is 6.48. The van der Waals surface area contributed by atoms with Crippen LogP contribution in [0, 0.1) is 0 Å². The van der Waals surface area contributed by atoms with Crippen molar-refractivity contribution in [3.05, 3.63) is 12.3 Å². The van der Waals surface area contributed by atoms with Crippen LogP contribution in [0.1, 0.15) is 6.92 Å². The number of allylic oxidation sites excluding steroid dienone is 1. The first kappa shape index (κ1) is 7.66. The van der Waals surface area contributed by atoms with Gasteiger partial charge in [0.25, 0.3) is 0 Å². The van der Waals surface area contributed by atoms with Gasteiger partial charge in [0.2, 0.25) is 0 Å². The van der Waals surface area contributed by atoms with Crippen molar-refractivity contribution in [2.24, 2.45) is 4.99 Å². The van der Waals surface area contributed by atoms with Crippen LogP contribution in [-0.2, 0) is 0 Å². The van der Waals surface area contributed by atoms with Crippen LogP contribution in [0.5, 0.6) is 0 Å². The van der Waals surface area contributed by atoms with Crippen LogP contribution >= 0.6 is 11.8 Å². The molecule has 1 atom stereocenters. The minimum Gasteiger partial charge on any atom is -0.348 e. The van der Waals surface area contributed by atoms with Crippen molar-refractivity contribution in [2.75, 3.05) is 12.8 Å². The second-order valence-corrected chi connectivity index (χ2v) is 2.93. The molecule has 3 heteroatoms. The van der Waals surface area contributed by atoms with E-state index >= 15 is 0 Å². The molecule has 1 unspecified atom stereocenters. The summed E-state index contributed by atoms with van der Waals surface area (Å²) in [6.45, 7) is 3.16. The Morgan fingerprint density at radius 3 is 3.00 bits per heavy atom. The Hall–Kier alpha value is -0.440. The Morgan fingerprint density at radius 1 is 1.70 bits per heavy atom. The van der Waals surface area contributed by atoms with E-state index in [1.165, 1.54) is 0 Å². The SMILES string of the molecule is CCN1C=CC=NC1SC. The van der Waals surface area contributed by atoms with Gasteiger partial charge < -0.3 is 4.90 Å². The summed E-state index contributed by atoms with van der Waals surface area (Å²) in [6, 6.07) is 0. The fourth-order valence-electron chi connectivity index (χ4n) is 0.889. The van der Waals surface area contributed by atoms with Gasteiger partial charge in [0.05, 0.1) is 0 Å². The van der Waals surface area contributed by atoms with E-state index in [1.54, 1.807) is 11.8 Å². The van der Waals surface area contributed by atoms with Gasteiger partial charge in [-0.15, -0.1) is 11.8 Å². The summed E-state index contributed by atoms with van der Waals surface area (Å²) in [7, 11) is 0. The molecule has 1 heterocycles. The standard InChI is InChI=1S/C7H12N2S/c1-3-9-6-4-5-8-7(9)10-2/h4-7H,3H2,1-2H3. The molecule has 0 aromatic rings. The van der Waals surface area contributed by atoms with Gasteiger partial charge in [-0.3, -0.25) is 4.99 Å². The zero-order valence-corrected chi connectivity index (χ0v) is 7.14. The molecule has 1 rings (SSSR count). The van der Waals surface area contributed by atoms with Crippen LogP contribution in [0.2, 0.25) is 0 Å². The van der Waals surface area contributed by atoms with Crippen molar-refractivity contribution >= 4 is 18.0 Å². The van der Waals surface area contributed by atoms with Gasteiger partial charge in [0, 0.05) is 19.0 Å². The van der Waals surface area contributed by atoms with Crippen LogP contribution < -0.4 is 0 Å². The smallest absolute Gasteiger partial charge is 0.168 e. The van der Waals surface area contributed by atoms with Crippen molar-refractivity contribution in [3.63, 3.8) is 0 Å². The summed E-state index contributed by atoms with van der Waals surface area (Å²) in [5.41, 5.74) is 0.301. The van der Waals surface area contributed by atoms with E-state index in [0.717, 1.165) is 6.54 Å². The third-order valence-electron chi connectivity index (χ3n) is 1.44. The van der Waals surface area contributed by atoms with E-state index in [2.05, 4.69) is 29.3 Å². The lowest BCUT2D eigenvalue weighted by Crippen LogP contribution is -2.27. The van der Waals surface area contributed by atoms with Crippen LogP contribution in [-0.4, -0.2) is 29.4 Å². The lowest BCUT2D eigenvalue weighted by Gasteiger charge is -2.26. The Balaban J connectivity index is 2.55. The monoisotopic (exact) mass is 156 g/mol. The lowest BCUT2D eigenvalue weighted by molar-refractivity contribution is 0.378. The Kier molecular flexibility index (Phi) is 2.81. The third kappa shape index (κ3) is 1.53. The molecule has 0 radical (unpaired) electrons. The minimum absolute atomic E-state index is 0.301. The fraction of sp³-hybridized carbons (Fsp3) is 0.571. The molecule has 0 spiro atoms. The van der Waals surface area contributed by atoms with Crippen molar-refractivity contribution in [3.8, 4) is 0 Å². The van der Waals surface area contributed by atoms with E-state index in [0.29, 0.717) is 5.50 Å². The van der Waals surface area contributed by atoms with Gasteiger partial charge >= 0.3 is 0 Å². The summed E-state index contributed by atoms with van der Waals surface area (Å²) in [6.07, 6.45) is 7.97.